The highest BCUT2D eigenvalue weighted by Gasteiger charge is 2.11. The maximum Gasteiger partial charge on any atom is 0.268 e. The Balaban J connectivity index is 2.74. The first-order chi connectivity index (χ1) is 7.61. The van der Waals surface area contributed by atoms with E-state index in [2.05, 4.69) is 4.98 Å². The Kier molecular flexibility index (Phi) is 2.69. The molecule has 0 bridgehead atoms. The van der Waals surface area contributed by atoms with Crippen molar-refractivity contribution in [3.8, 4) is 16.5 Å². The Morgan fingerprint density at radius 3 is 2.81 bits per heavy atom. The van der Waals surface area contributed by atoms with E-state index in [1.807, 2.05) is 6.07 Å². The molecule has 0 atom stereocenters. The number of nitrogens with one attached hydrogen (secondary N) is 1. The molecule has 0 radical (unpaired) electrons. The number of aromatic nitrogens is 1. The predicted molar refractivity (Wildman–Crippen MR) is 64.5 cm³/mol. The van der Waals surface area contributed by atoms with E-state index in [0.717, 1.165) is 4.88 Å². The normalized spacial score (nSPS) is 10.0. The number of thiophene rings is 1. The highest BCUT2D eigenvalue weighted by molar-refractivity contribution is 7.19. The van der Waals surface area contributed by atoms with E-state index in [1.54, 1.807) is 18.2 Å². The van der Waals surface area contributed by atoms with Gasteiger partial charge in [0, 0.05) is 10.4 Å². The van der Waals surface area contributed by atoms with Gasteiger partial charge in [-0.05, 0) is 18.2 Å². The van der Waals surface area contributed by atoms with E-state index in [-0.39, 0.29) is 11.4 Å². The molecule has 6 heteroatoms. The van der Waals surface area contributed by atoms with E-state index < -0.39 is 5.56 Å². The number of H-pyrrole nitrogens is 1. The van der Waals surface area contributed by atoms with Crippen LogP contribution in [0.3, 0.4) is 0 Å². The lowest BCUT2D eigenvalue weighted by atomic mass is 10.1. The van der Waals surface area contributed by atoms with Crippen LogP contribution in [0.25, 0.3) is 10.4 Å². The van der Waals surface area contributed by atoms with Gasteiger partial charge in [-0.3, -0.25) is 4.79 Å². The van der Waals surface area contributed by atoms with Gasteiger partial charge in [-0.1, -0.05) is 11.6 Å². The van der Waals surface area contributed by atoms with Crippen molar-refractivity contribution >= 4 is 28.8 Å². The second-order valence-electron chi connectivity index (χ2n) is 3.06. The number of aromatic amines is 1. The summed E-state index contributed by atoms with van der Waals surface area (Å²) in [4.78, 5) is 14.6. The minimum atomic E-state index is -0.484. The molecule has 16 heavy (non-hydrogen) atoms. The van der Waals surface area contributed by atoms with Crippen LogP contribution in [0, 0.1) is 11.3 Å². The lowest BCUT2D eigenvalue weighted by Gasteiger charge is -2.01. The summed E-state index contributed by atoms with van der Waals surface area (Å²) in [6.45, 7) is 0. The Bertz CT molecular complexity index is 638. The van der Waals surface area contributed by atoms with E-state index in [0.29, 0.717) is 9.90 Å². The smallest absolute Gasteiger partial charge is 0.268 e. The summed E-state index contributed by atoms with van der Waals surface area (Å²) in [6, 6.07) is 6.88. The van der Waals surface area contributed by atoms with Crippen molar-refractivity contribution in [2.24, 2.45) is 0 Å². The summed E-state index contributed by atoms with van der Waals surface area (Å²) in [6.07, 6.45) is 0. The highest BCUT2D eigenvalue weighted by atomic mass is 35.5. The molecular formula is C10H6ClN3OS. The molecule has 2 heterocycles. The van der Waals surface area contributed by atoms with Gasteiger partial charge in [0.15, 0.2) is 0 Å². The zero-order chi connectivity index (χ0) is 11.7. The Hall–Kier alpha value is -1.77. The first-order valence-corrected chi connectivity index (χ1v) is 5.50. The van der Waals surface area contributed by atoms with Crippen LogP contribution in [-0.2, 0) is 0 Å². The van der Waals surface area contributed by atoms with Crippen LogP contribution in [0.4, 0.5) is 5.82 Å². The third-order valence-corrected chi connectivity index (χ3v) is 3.27. The number of nitrogens with two attached hydrogens (primary N) is 1. The Labute approximate surface area is 99.9 Å². The molecule has 4 nitrogen and oxygen atoms in total. The average Bonchev–Trinajstić information content (AvgIpc) is 2.63. The molecule has 0 aliphatic carbocycles. The van der Waals surface area contributed by atoms with Crippen molar-refractivity contribution < 1.29 is 0 Å². The van der Waals surface area contributed by atoms with Gasteiger partial charge in [0.1, 0.15) is 17.5 Å². The minimum absolute atomic E-state index is 0.0488. The molecular weight excluding hydrogens is 246 g/mol. The molecule has 0 amide bonds. The fraction of sp³-hybridized carbons (Fsp3) is 0. The van der Waals surface area contributed by atoms with Crippen molar-refractivity contribution in [1.29, 1.82) is 5.26 Å². The number of hydrogen-bond donors (Lipinski definition) is 2. The van der Waals surface area contributed by atoms with Crippen LogP contribution in [0.2, 0.25) is 4.34 Å². The maximum atomic E-state index is 11.5. The summed E-state index contributed by atoms with van der Waals surface area (Å²) in [5, 5.41) is 8.92. The van der Waals surface area contributed by atoms with Gasteiger partial charge < -0.3 is 10.7 Å². The van der Waals surface area contributed by atoms with E-state index in [9.17, 15) is 4.79 Å². The van der Waals surface area contributed by atoms with Crippen LogP contribution in [0.15, 0.2) is 23.0 Å². The molecule has 3 N–H and O–H groups in total. The van der Waals surface area contributed by atoms with E-state index >= 15 is 0 Å². The molecule has 0 saturated heterocycles. The first-order valence-electron chi connectivity index (χ1n) is 4.30. The number of pyridine rings is 1. The molecule has 80 valence electrons. The number of halogens is 1. The second-order valence-corrected chi connectivity index (χ2v) is 4.77. The highest BCUT2D eigenvalue weighted by Crippen LogP contribution is 2.32. The third-order valence-electron chi connectivity index (χ3n) is 2.00. The maximum absolute atomic E-state index is 11.5. The largest absolute Gasteiger partial charge is 0.385 e. The topological polar surface area (TPSA) is 82.7 Å². The van der Waals surface area contributed by atoms with Gasteiger partial charge >= 0.3 is 0 Å². The fourth-order valence-electron chi connectivity index (χ4n) is 1.34. The molecule has 2 aromatic heterocycles. The molecule has 0 aliphatic heterocycles. The average molecular weight is 252 g/mol. The van der Waals surface area contributed by atoms with Gasteiger partial charge in [-0.15, -0.1) is 11.3 Å². The van der Waals surface area contributed by atoms with E-state index in [1.165, 1.54) is 11.3 Å². The number of hydrogen-bond acceptors (Lipinski definition) is 4. The quantitative estimate of drug-likeness (QED) is 0.815. The molecule has 0 spiro atoms. The van der Waals surface area contributed by atoms with Crippen LogP contribution in [0.5, 0.6) is 0 Å². The molecule has 2 aromatic rings. The summed E-state index contributed by atoms with van der Waals surface area (Å²) in [5.41, 5.74) is 5.61. The molecule has 0 aromatic carbocycles. The lowest BCUT2D eigenvalue weighted by molar-refractivity contribution is 1.23. The lowest BCUT2D eigenvalue weighted by Crippen LogP contribution is -2.13. The second kappa shape index (κ2) is 4.00. The fourth-order valence-corrected chi connectivity index (χ4v) is 2.41. The van der Waals surface area contributed by atoms with Crippen molar-refractivity contribution in [3.05, 3.63) is 38.5 Å². The third kappa shape index (κ3) is 1.81. The van der Waals surface area contributed by atoms with Gasteiger partial charge in [0.2, 0.25) is 0 Å². The Morgan fingerprint density at radius 2 is 2.25 bits per heavy atom. The zero-order valence-corrected chi connectivity index (χ0v) is 9.52. The monoisotopic (exact) mass is 251 g/mol. The van der Waals surface area contributed by atoms with Crippen LogP contribution in [0.1, 0.15) is 5.56 Å². The van der Waals surface area contributed by atoms with Crippen molar-refractivity contribution in [1.82, 2.24) is 4.98 Å². The number of nitriles is 1. The summed E-state index contributed by atoms with van der Waals surface area (Å²) in [7, 11) is 0. The van der Waals surface area contributed by atoms with Crippen LogP contribution < -0.4 is 11.3 Å². The predicted octanol–water partition coefficient (Wildman–Crippen LogP) is 2.21. The van der Waals surface area contributed by atoms with Crippen molar-refractivity contribution in [2.45, 2.75) is 0 Å². The van der Waals surface area contributed by atoms with Gasteiger partial charge in [-0.25, -0.2) is 0 Å². The standard InChI is InChI=1S/C10H6ClN3OS/c11-8-2-1-7(16-8)5-3-9(13)14-10(15)6(5)4-12/h1-3H,(H3,13,14,15). The van der Waals surface area contributed by atoms with Crippen molar-refractivity contribution in [3.63, 3.8) is 0 Å². The van der Waals surface area contributed by atoms with Crippen LogP contribution in [-0.4, -0.2) is 4.98 Å². The first kappa shape index (κ1) is 10.7. The molecule has 0 unspecified atom stereocenters. The van der Waals surface area contributed by atoms with Gasteiger partial charge in [0.05, 0.1) is 4.34 Å². The summed E-state index contributed by atoms with van der Waals surface area (Å²) < 4.78 is 0.595. The van der Waals surface area contributed by atoms with Gasteiger partial charge in [-0.2, -0.15) is 5.26 Å². The van der Waals surface area contributed by atoms with Crippen molar-refractivity contribution in [2.75, 3.05) is 5.73 Å². The molecule has 0 saturated carbocycles. The number of nitrogens with zero attached hydrogens (tertiary/aromatic N) is 1. The van der Waals surface area contributed by atoms with E-state index in [4.69, 9.17) is 22.6 Å². The Morgan fingerprint density at radius 1 is 1.50 bits per heavy atom. The molecule has 0 fully saturated rings. The number of anilines is 1. The number of rotatable bonds is 1. The minimum Gasteiger partial charge on any atom is -0.385 e. The molecule has 0 aliphatic rings. The van der Waals surface area contributed by atoms with Gasteiger partial charge in [0.25, 0.3) is 5.56 Å². The van der Waals surface area contributed by atoms with Crippen LogP contribution >= 0.6 is 22.9 Å². The summed E-state index contributed by atoms with van der Waals surface area (Å²) >= 11 is 7.10. The number of nitrogen functional groups attached to an aromatic ring is 1. The summed E-state index contributed by atoms with van der Waals surface area (Å²) in [5.74, 6) is 0.225. The zero-order valence-electron chi connectivity index (χ0n) is 7.95. The molecule has 2 rings (SSSR count). The SMILES string of the molecule is N#Cc1c(-c2ccc(Cl)s2)cc(N)[nH]c1=O.